The van der Waals surface area contributed by atoms with Crippen molar-refractivity contribution in [2.75, 3.05) is 18.0 Å². The number of halogens is 1. The van der Waals surface area contributed by atoms with E-state index in [4.69, 9.17) is 0 Å². The fraction of sp³-hybridized carbons (Fsp3) is 0.500. The Bertz CT molecular complexity index is 459. The number of nitrogens with one attached hydrogen (secondary N) is 1. The first-order chi connectivity index (χ1) is 8.42. The molecule has 18 heavy (non-hydrogen) atoms. The lowest BCUT2D eigenvalue weighted by atomic mass is 10.0. The second-order valence-corrected chi connectivity index (χ2v) is 5.48. The summed E-state index contributed by atoms with van der Waals surface area (Å²) in [7, 11) is 0. The Morgan fingerprint density at radius 3 is 2.72 bits per heavy atom. The fourth-order valence-corrected chi connectivity index (χ4v) is 2.18. The van der Waals surface area contributed by atoms with E-state index in [1.807, 2.05) is 13.8 Å². The van der Waals surface area contributed by atoms with Crippen LogP contribution in [0.5, 0.6) is 0 Å². The average molecular weight is 250 g/mol. The summed E-state index contributed by atoms with van der Waals surface area (Å²) in [6.45, 7) is 7.01. The highest BCUT2D eigenvalue weighted by Gasteiger charge is 2.36. The summed E-state index contributed by atoms with van der Waals surface area (Å²) in [5.41, 5.74) is -0.293. The predicted molar refractivity (Wildman–Crippen MR) is 70.0 cm³/mol. The van der Waals surface area contributed by atoms with Crippen molar-refractivity contribution in [3.05, 3.63) is 30.1 Å². The van der Waals surface area contributed by atoms with Crippen molar-refractivity contribution < 1.29 is 9.18 Å². The number of anilines is 1. The van der Waals surface area contributed by atoms with E-state index in [1.54, 1.807) is 23.1 Å². The van der Waals surface area contributed by atoms with Crippen LogP contribution >= 0.6 is 0 Å². The molecule has 0 bridgehead atoms. The first-order valence-corrected chi connectivity index (χ1v) is 6.23. The average Bonchev–Trinajstić information content (AvgIpc) is 2.42. The van der Waals surface area contributed by atoms with Gasteiger partial charge >= 0.3 is 0 Å². The van der Waals surface area contributed by atoms with E-state index in [-0.39, 0.29) is 17.6 Å². The van der Waals surface area contributed by atoms with Crippen molar-refractivity contribution in [2.45, 2.75) is 26.3 Å². The molecule has 0 saturated carbocycles. The Balaban J connectivity index is 2.41. The van der Waals surface area contributed by atoms with Crippen LogP contribution in [0.1, 0.15) is 20.8 Å². The Labute approximate surface area is 107 Å². The van der Waals surface area contributed by atoms with E-state index in [9.17, 15) is 9.18 Å². The van der Waals surface area contributed by atoms with Crippen LogP contribution in [0.2, 0.25) is 0 Å². The first kappa shape index (κ1) is 13.0. The largest absolute Gasteiger partial charge is 0.308 e. The Morgan fingerprint density at radius 1 is 1.39 bits per heavy atom. The molecule has 1 aliphatic heterocycles. The maximum absolute atomic E-state index is 13.8. The van der Waals surface area contributed by atoms with Crippen LogP contribution in [-0.2, 0) is 4.79 Å². The van der Waals surface area contributed by atoms with Gasteiger partial charge in [-0.05, 0) is 31.9 Å². The SMILES string of the molecule is CC1CNC(C)(C)C(=O)N(c2ccccc2F)C1. The molecule has 1 N–H and O–H groups in total. The maximum atomic E-state index is 13.8. The molecule has 0 spiro atoms. The zero-order valence-electron chi connectivity index (χ0n) is 11.0. The molecule has 98 valence electrons. The quantitative estimate of drug-likeness (QED) is 0.828. The lowest BCUT2D eigenvalue weighted by Gasteiger charge is -2.29. The molecule has 0 aromatic heterocycles. The van der Waals surface area contributed by atoms with E-state index in [2.05, 4.69) is 12.2 Å². The lowest BCUT2D eigenvalue weighted by molar-refractivity contribution is -0.123. The summed E-state index contributed by atoms with van der Waals surface area (Å²) in [6, 6.07) is 6.43. The van der Waals surface area contributed by atoms with E-state index < -0.39 is 5.54 Å². The molecule has 0 aliphatic carbocycles. The molecule has 3 nitrogen and oxygen atoms in total. The molecule has 1 fully saturated rings. The number of nitrogens with zero attached hydrogens (tertiary/aromatic N) is 1. The van der Waals surface area contributed by atoms with Gasteiger partial charge in [-0.3, -0.25) is 4.79 Å². The molecular formula is C14H19FN2O. The number of rotatable bonds is 1. The zero-order chi connectivity index (χ0) is 13.3. The summed E-state index contributed by atoms with van der Waals surface area (Å²) in [5, 5.41) is 3.23. The first-order valence-electron chi connectivity index (χ1n) is 6.23. The summed E-state index contributed by atoms with van der Waals surface area (Å²) in [4.78, 5) is 14.0. The summed E-state index contributed by atoms with van der Waals surface area (Å²) in [6.07, 6.45) is 0. The molecule has 1 aliphatic rings. The minimum absolute atomic E-state index is 0.0862. The van der Waals surface area contributed by atoms with Crippen molar-refractivity contribution in [2.24, 2.45) is 5.92 Å². The zero-order valence-corrected chi connectivity index (χ0v) is 11.0. The third-order valence-electron chi connectivity index (χ3n) is 3.31. The minimum Gasteiger partial charge on any atom is -0.308 e. The van der Waals surface area contributed by atoms with E-state index >= 15 is 0 Å². The van der Waals surface area contributed by atoms with Crippen LogP contribution in [0.15, 0.2) is 24.3 Å². The van der Waals surface area contributed by atoms with Crippen LogP contribution in [0.4, 0.5) is 10.1 Å². The second kappa shape index (κ2) is 4.69. The molecular weight excluding hydrogens is 231 g/mol. The Kier molecular flexibility index (Phi) is 3.39. The van der Waals surface area contributed by atoms with Gasteiger partial charge in [-0.2, -0.15) is 0 Å². The van der Waals surface area contributed by atoms with E-state index in [0.29, 0.717) is 12.2 Å². The van der Waals surface area contributed by atoms with Crippen molar-refractivity contribution in [1.82, 2.24) is 5.32 Å². The molecule has 1 unspecified atom stereocenters. The molecule has 2 rings (SSSR count). The third kappa shape index (κ3) is 2.38. The number of amides is 1. The van der Waals surface area contributed by atoms with Gasteiger partial charge in [0.15, 0.2) is 0 Å². The van der Waals surface area contributed by atoms with Crippen molar-refractivity contribution >= 4 is 11.6 Å². The predicted octanol–water partition coefficient (Wildman–Crippen LogP) is 2.18. The molecule has 1 aromatic rings. The number of carbonyl (C=O) groups excluding carboxylic acids is 1. The Morgan fingerprint density at radius 2 is 2.06 bits per heavy atom. The summed E-state index contributed by atoms with van der Waals surface area (Å²) < 4.78 is 13.8. The van der Waals surface area contributed by atoms with Crippen molar-refractivity contribution in [3.8, 4) is 0 Å². The second-order valence-electron chi connectivity index (χ2n) is 5.48. The van der Waals surface area contributed by atoms with Gasteiger partial charge in [0.1, 0.15) is 5.82 Å². The van der Waals surface area contributed by atoms with Crippen LogP contribution < -0.4 is 10.2 Å². The van der Waals surface area contributed by atoms with Gasteiger partial charge in [-0.25, -0.2) is 4.39 Å². The van der Waals surface area contributed by atoms with Crippen molar-refractivity contribution in [3.63, 3.8) is 0 Å². The monoisotopic (exact) mass is 250 g/mol. The highest BCUT2D eigenvalue weighted by atomic mass is 19.1. The third-order valence-corrected chi connectivity index (χ3v) is 3.31. The summed E-state index contributed by atoms with van der Waals surface area (Å²) in [5.74, 6) is -0.150. The van der Waals surface area contributed by atoms with E-state index in [0.717, 1.165) is 6.54 Å². The summed E-state index contributed by atoms with van der Waals surface area (Å²) >= 11 is 0. The van der Waals surface area contributed by atoms with Gasteiger partial charge in [0.2, 0.25) is 5.91 Å². The lowest BCUT2D eigenvalue weighted by Crippen LogP contribution is -2.52. The van der Waals surface area contributed by atoms with Gasteiger partial charge in [-0.1, -0.05) is 19.1 Å². The number of hydrogen-bond acceptors (Lipinski definition) is 2. The van der Waals surface area contributed by atoms with Crippen LogP contribution in [0.25, 0.3) is 0 Å². The molecule has 1 atom stereocenters. The smallest absolute Gasteiger partial charge is 0.246 e. The molecule has 1 amide bonds. The van der Waals surface area contributed by atoms with Gasteiger partial charge < -0.3 is 10.2 Å². The van der Waals surface area contributed by atoms with Crippen LogP contribution in [0, 0.1) is 11.7 Å². The standard InChI is InChI=1S/C14H19FN2O/c1-10-8-16-14(2,3)13(18)17(9-10)12-7-5-4-6-11(12)15/h4-7,10,16H,8-9H2,1-3H3. The number of benzene rings is 1. The fourth-order valence-electron chi connectivity index (χ4n) is 2.18. The highest BCUT2D eigenvalue weighted by Crippen LogP contribution is 2.25. The highest BCUT2D eigenvalue weighted by molar-refractivity contribution is 6.00. The van der Waals surface area contributed by atoms with Crippen molar-refractivity contribution in [1.29, 1.82) is 0 Å². The number of carbonyl (C=O) groups is 1. The van der Waals surface area contributed by atoms with Crippen LogP contribution in [0.3, 0.4) is 0 Å². The minimum atomic E-state index is -0.660. The van der Waals surface area contributed by atoms with Gasteiger partial charge in [-0.15, -0.1) is 0 Å². The topological polar surface area (TPSA) is 32.3 Å². The van der Waals surface area contributed by atoms with Gasteiger partial charge in [0.05, 0.1) is 11.2 Å². The normalized spacial score (nSPS) is 23.9. The van der Waals surface area contributed by atoms with E-state index in [1.165, 1.54) is 6.07 Å². The number of para-hydroxylation sites is 1. The Hall–Kier alpha value is -1.42. The molecule has 0 radical (unpaired) electrons. The van der Waals surface area contributed by atoms with Gasteiger partial charge in [0.25, 0.3) is 0 Å². The van der Waals surface area contributed by atoms with Crippen LogP contribution in [-0.4, -0.2) is 24.5 Å². The maximum Gasteiger partial charge on any atom is 0.246 e. The van der Waals surface area contributed by atoms with Gasteiger partial charge in [0, 0.05) is 13.1 Å². The molecule has 1 heterocycles. The molecule has 4 heteroatoms. The molecule has 1 aromatic carbocycles. The number of hydrogen-bond donors (Lipinski definition) is 1. The molecule has 1 saturated heterocycles.